The number of carboxylic acid groups (broad SMARTS) is 2. The molecule has 0 aromatic carbocycles. The Morgan fingerprint density at radius 3 is 1.76 bits per heavy atom. The normalized spacial score (nSPS) is 28.4. The van der Waals surface area contributed by atoms with Crippen molar-refractivity contribution in [1.29, 1.82) is 0 Å². The Balaban J connectivity index is 2.74. The number of amides is 1. The monoisotopic (exact) mass is 243 g/mol. The molecule has 1 aliphatic rings. The average molecular weight is 243 g/mol. The van der Waals surface area contributed by atoms with Crippen LogP contribution in [-0.4, -0.2) is 34.6 Å². The van der Waals surface area contributed by atoms with E-state index in [2.05, 4.69) is 5.32 Å². The van der Waals surface area contributed by atoms with Gasteiger partial charge in [0.25, 0.3) is 0 Å². The first kappa shape index (κ1) is 13.5. The summed E-state index contributed by atoms with van der Waals surface area (Å²) in [5.74, 6) is -4.28. The van der Waals surface area contributed by atoms with Crippen LogP contribution in [0, 0.1) is 17.8 Å². The lowest BCUT2D eigenvalue weighted by atomic mass is 9.75. The lowest BCUT2D eigenvalue weighted by Gasteiger charge is -2.29. The largest absolute Gasteiger partial charge is 0.481 e. The number of nitrogens with one attached hydrogen (secondary N) is 1. The van der Waals surface area contributed by atoms with E-state index in [9.17, 15) is 14.4 Å². The summed E-state index contributed by atoms with van der Waals surface area (Å²) < 4.78 is 0. The Morgan fingerprint density at radius 2 is 1.41 bits per heavy atom. The highest BCUT2D eigenvalue weighted by Crippen LogP contribution is 2.34. The number of carbonyl (C=O) groups is 3. The third kappa shape index (κ3) is 3.44. The van der Waals surface area contributed by atoms with Crippen molar-refractivity contribution in [2.75, 3.05) is 6.54 Å². The fraction of sp³-hybridized carbons (Fsp3) is 0.727. The molecule has 1 saturated carbocycles. The summed E-state index contributed by atoms with van der Waals surface area (Å²) >= 11 is 0. The van der Waals surface area contributed by atoms with Gasteiger partial charge in [0.1, 0.15) is 0 Å². The van der Waals surface area contributed by atoms with E-state index in [1.807, 2.05) is 0 Å². The number of hydrogen-bond donors (Lipinski definition) is 3. The van der Waals surface area contributed by atoms with Gasteiger partial charge in [-0.15, -0.1) is 0 Å². The second-order valence-corrected chi connectivity index (χ2v) is 4.37. The molecule has 1 fully saturated rings. The van der Waals surface area contributed by atoms with E-state index in [-0.39, 0.29) is 25.2 Å². The molecule has 1 rings (SSSR count). The first-order valence-corrected chi connectivity index (χ1v) is 5.69. The molecule has 0 aromatic heterocycles. The van der Waals surface area contributed by atoms with Gasteiger partial charge in [-0.3, -0.25) is 14.4 Å². The molecule has 0 unspecified atom stereocenters. The van der Waals surface area contributed by atoms with Gasteiger partial charge in [-0.1, -0.05) is 0 Å². The Morgan fingerprint density at radius 1 is 1.00 bits per heavy atom. The molecule has 0 aromatic rings. The van der Waals surface area contributed by atoms with Crippen LogP contribution < -0.4 is 5.32 Å². The third-order valence-electron chi connectivity index (χ3n) is 3.13. The van der Waals surface area contributed by atoms with Gasteiger partial charge < -0.3 is 15.5 Å². The fourth-order valence-corrected chi connectivity index (χ4v) is 2.25. The van der Waals surface area contributed by atoms with E-state index in [0.717, 1.165) is 0 Å². The number of rotatable bonds is 4. The maximum absolute atomic E-state index is 11.6. The Kier molecular flexibility index (Phi) is 4.48. The molecule has 6 heteroatoms. The SMILES string of the molecule is CCNC(=O)[C@@H]1C[C@H](C(=O)O)C[C@H](C(=O)O)C1. The van der Waals surface area contributed by atoms with E-state index < -0.39 is 29.7 Å². The quantitative estimate of drug-likeness (QED) is 0.660. The van der Waals surface area contributed by atoms with Gasteiger partial charge >= 0.3 is 11.9 Å². The van der Waals surface area contributed by atoms with Crippen LogP contribution in [0.1, 0.15) is 26.2 Å². The van der Waals surface area contributed by atoms with Crippen molar-refractivity contribution in [1.82, 2.24) is 5.32 Å². The Bertz CT molecular complexity index is 306. The van der Waals surface area contributed by atoms with Gasteiger partial charge in [-0.2, -0.15) is 0 Å². The molecule has 1 amide bonds. The van der Waals surface area contributed by atoms with E-state index >= 15 is 0 Å². The highest BCUT2D eigenvalue weighted by Gasteiger charge is 2.38. The summed E-state index contributed by atoms with van der Waals surface area (Å²) in [5.41, 5.74) is 0. The second-order valence-electron chi connectivity index (χ2n) is 4.37. The van der Waals surface area contributed by atoms with Crippen LogP contribution in [0.4, 0.5) is 0 Å². The lowest BCUT2D eigenvalue weighted by Crippen LogP contribution is -2.39. The van der Waals surface area contributed by atoms with Gasteiger partial charge in [0, 0.05) is 12.5 Å². The molecule has 1 aliphatic carbocycles. The van der Waals surface area contributed by atoms with Gasteiger partial charge in [0.2, 0.25) is 5.91 Å². The number of carbonyl (C=O) groups excluding carboxylic acids is 1. The molecule has 0 bridgehead atoms. The first-order valence-electron chi connectivity index (χ1n) is 5.69. The molecule has 6 nitrogen and oxygen atoms in total. The zero-order chi connectivity index (χ0) is 13.0. The summed E-state index contributed by atoms with van der Waals surface area (Å²) in [4.78, 5) is 33.5. The fourth-order valence-electron chi connectivity index (χ4n) is 2.25. The third-order valence-corrected chi connectivity index (χ3v) is 3.13. The van der Waals surface area contributed by atoms with Gasteiger partial charge in [-0.05, 0) is 26.2 Å². The van der Waals surface area contributed by atoms with Crippen LogP contribution in [0.15, 0.2) is 0 Å². The molecule has 17 heavy (non-hydrogen) atoms. The van der Waals surface area contributed by atoms with Crippen molar-refractivity contribution < 1.29 is 24.6 Å². The topological polar surface area (TPSA) is 104 Å². The van der Waals surface area contributed by atoms with Crippen LogP contribution in [0.2, 0.25) is 0 Å². The standard InChI is InChI=1S/C11H17NO5/c1-2-12-9(13)6-3-7(10(14)15)5-8(4-6)11(16)17/h6-8H,2-5H2,1H3,(H,12,13)(H,14,15)(H,16,17)/t6-,7+,8-. The molecule has 0 saturated heterocycles. The summed E-state index contributed by atoms with van der Waals surface area (Å²) in [6.07, 6.45) is 0.566. The molecular formula is C11H17NO5. The summed E-state index contributed by atoms with van der Waals surface area (Å²) in [7, 11) is 0. The molecule has 0 radical (unpaired) electrons. The van der Waals surface area contributed by atoms with Crippen molar-refractivity contribution in [2.45, 2.75) is 26.2 Å². The van der Waals surface area contributed by atoms with Crippen LogP contribution >= 0.6 is 0 Å². The maximum Gasteiger partial charge on any atom is 0.306 e. The van der Waals surface area contributed by atoms with Crippen LogP contribution in [0.25, 0.3) is 0 Å². The van der Waals surface area contributed by atoms with Crippen LogP contribution in [0.3, 0.4) is 0 Å². The highest BCUT2D eigenvalue weighted by molar-refractivity contribution is 5.82. The predicted octanol–water partition coefficient (Wildman–Crippen LogP) is 0.324. The number of aliphatic carboxylic acids is 2. The smallest absolute Gasteiger partial charge is 0.306 e. The van der Waals surface area contributed by atoms with Crippen molar-refractivity contribution in [2.24, 2.45) is 17.8 Å². The second kappa shape index (κ2) is 5.65. The van der Waals surface area contributed by atoms with E-state index in [1.54, 1.807) is 6.92 Å². The minimum atomic E-state index is -1.02. The van der Waals surface area contributed by atoms with E-state index in [1.165, 1.54) is 0 Å². The maximum atomic E-state index is 11.6. The zero-order valence-corrected chi connectivity index (χ0v) is 9.68. The summed E-state index contributed by atoms with van der Waals surface area (Å²) in [5, 5.41) is 20.5. The molecule has 3 N–H and O–H groups in total. The van der Waals surface area contributed by atoms with E-state index in [0.29, 0.717) is 6.54 Å². The molecule has 0 heterocycles. The minimum absolute atomic E-state index is 0.112. The van der Waals surface area contributed by atoms with Crippen LogP contribution in [0.5, 0.6) is 0 Å². The van der Waals surface area contributed by atoms with Crippen molar-refractivity contribution in [3.63, 3.8) is 0 Å². The lowest BCUT2D eigenvalue weighted by molar-refractivity contribution is -0.150. The minimum Gasteiger partial charge on any atom is -0.481 e. The first-order chi connectivity index (χ1) is 7.95. The van der Waals surface area contributed by atoms with Gasteiger partial charge in [0.05, 0.1) is 11.8 Å². The Hall–Kier alpha value is -1.59. The van der Waals surface area contributed by atoms with Crippen molar-refractivity contribution in [3.05, 3.63) is 0 Å². The van der Waals surface area contributed by atoms with E-state index in [4.69, 9.17) is 10.2 Å². The zero-order valence-electron chi connectivity index (χ0n) is 9.68. The number of carboxylic acids is 2. The van der Waals surface area contributed by atoms with Gasteiger partial charge in [-0.25, -0.2) is 0 Å². The predicted molar refractivity (Wildman–Crippen MR) is 58.3 cm³/mol. The van der Waals surface area contributed by atoms with Crippen LogP contribution in [-0.2, 0) is 14.4 Å². The highest BCUT2D eigenvalue weighted by atomic mass is 16.4. The molecule has 0 spiro atoms. The molecule has 0 aliphatic heterocycles. The molecular weight excluding hydrogens is 226 g/mol. The Labute approximate surface area is 99.0 Å². The average Bonchev–Trinajstić information content (AvgIpc) is 2.28. The summed E-state index contributed by atoms with van der Waals surface area (Å²) in [6.45, 7) is 2.23. The summed E-state index contributed by atoms with van der Waals surface area (Å²) in [6, 6.07) is 0. The molecule has 96 valence electrons. The van der Waals surface area contributed by atoms with Gasteiger partial charge in [0.15, 0.2) is 0 Å². The van der Waals surface area contributed by atoms with Crippen molar-refractivity contribution >= 4 is 17.8 Å². The number of hydrogen-bond acceptors (Lipinski definition) is 3. The van der Waals surface area contributed by atoms with Crippen molar-refractivity contribution in [3.8, 4) is 0 Å². The molecule has 3 atom stereocenters.